The number of nitrogens with one attached hydrogen (secondary N) is 1. The van der Waals surface area contributed by atoms with Crippen LogP contribution in [-0.4, -0.2) is 39.8 Å². The first-order valence-electron chi connectivity index (χ1n) is 12.9. The Morgan fingerprint density at radius 1 is 1.02 bits per heavy atom. The van der Waals surface area contributed by atoms with Crippen LogP contribution in [0.5, 0.6) is 23.1 Å². The zero-order chi connectivity index (χ0) is 30.8. The van der Waals surface area contributed by atoms with Crippen molar-refractivity contribution in [2.24, 2.45) is 7.05 Å². The van der Waals surface area contributed by atoms with Crippen molar-refractivity contribution in [3.63, 3.8) is 0 Å². The first kappa shape index (κ1) is 29.1. The van der Waals surface area contributed by atoms with Crippen LogP contribution in [0.1, 0.15) is 21.6 Å². The Morgan fingerprint density at radius 3 is 2.49 bits per heavy atom. The van der Waals surface area contributed by atoms with Gasteiger partial charge in [-0.1, -0.05) is 6.07 Å². The van der Waals surface area contributed by atoms with Crippen LogP contribution in [-0.2, 0) is 13.7 Å². The fraction of sp³-hybridized carbons (Fsp3) is 0.161. The van der Waals surface area contributed by atoms with Crippen LogP contribution in [0.2, 0.25) is 0 Å². The minimum absolute atomic E-state index is 0.0618. The molecular weight excluding hydrogens is 562 g/mol. The molecule has 0 unspecified atom stereocenters. The van der Waals surface area contributed by atoms with Crippen molar-refractivity contribution in [1.82, 2.24) is 14.5 Å². The van der Waals surface area contributed by atoms with Gasteiger partial charge in [-0.05, 0) is 42.3 Å². The van der Waals surface area contributed by atoms with Crippen molar-refractivity contribution in [3.05, 3.63) is 99.6 Å². The van der Waals surface area contributed by atoms with E-state index in [2.05, 4.69) is 15.3 Å². The van der Waals surface area contributed by atoms with Crippen molar-refractivity contribution in [2.75, 3.05) is 19.5 Å². The quantitative estimate of drug-likeness (QED) is 0.256. The summed E-state index contributed by atoms with van der Waals surface area (Å²) in [4.78, 5) is 35.3. The molecule has 0 saturated carbocycles. The van der Waals surface area contributed by atoms with E-state index < -0.39 is 29.6 Å². The number of aryl methyl sites for hydroxylation is 2. The lowest BCUT2D eigenvalue weighted by molar-refractivity contribution is 0.102. The third kappa shape index (κ3) is 5.60. The number of fused-ring (bicyclic) bond motifs is 1. The maximum Gasteiger partial charge on any atom is 0.261 e. The van der Waals surface area contributed by atoms with Gasteiger partial charge in [0.2, 0.25) is 5.43 Å². The number of nitrogens with zero attached hydrogens (tertiary/aromatic N) is 3. The van der Waals surface area contributed by atoms with E-state index in [1.54, 1.807) is 20.0 Å². The van der Waals surface area contributed by atoms with Crippen LogP contribution < -0.4 is 25.0 Å². The molecule has 10 nitrogen and oxygen atoms in total. The molecule has 2 aromatic carbocycles. The van der Waals surface area contributed by atoms with Crippen LogP contribution in [0.15, 0.2) is 65.7 Å². The third-order valence-electron chi connectivity index (χ3n) is 6.79. The number of carbonyl (C=O) groups is 1. The largest absolute Gasteiger partial charge is 0.491 e. The Labute approximate surface area is 244 Å². The molecule has 3 aromatic heterocycles. The average Bonchev–Trinajstić information content (AvgIpc) is 2.99. The van der Waals surface area contributed by atoms with Gasteiger partial charge in [0.1, 0.15) is 16.9 Å². The summed E-state index contributed by atoms with van der Waals surface area (Å²) in [7, 11) is 4.47. The van der Waals surface area contributed by atoms with Gasteiger partial charge in [0.15, 0.2) is 23.1 Å². The van der Waals surface area contributed by atoms with Crippen LogP contribution in [0.25, 0.3) is 22.2 Å². The van der Waals surface area contributed by atoms with Crippen LogP contribution >= 0.6 is 0 Å². The number of aliphatic hydroxyl groups excluding tert-OH is 1. The number of aromatic nitrogens is 3. The standard InChI is InChI=1S/C31H26F2N4O6/c1-16-11-17(32)5-7-19(16)27-23(15-38)37(2)14-20(29(27)39)30(40)35-18-6-8-24(21(33)12-18)43-25-9-10-34-22-13-26(41-3)31(42-4)36-28(22)25/h5-14,38H,15H2,1-4H3,(H,35,40). The Hall–Kier alpha value is -5.36. The van der Waals surface area contributed by atoms with E-state index in [1.165, 1.54) is 67.6 Å². The van der Waals surface area contributed by atoms with Gasteiger partial charge in [0, 0.05) is 43.3 Å². The summed E-state index contributed by atoms with van der Waals surface area (Å²) in [5.74, 6) is -1.47. The van der Waals surface area contributed by atoms with Crippen molar-refractivity contribution < 1.29 is 32.9 Å². The van der Waals surface area contributed by atoms with Crippen LogP contribution in [0.4, 0.5) is 14.5 Å². The highest BCUT2D eigenvalue weighted by Gasteiger charge is 2.22. The fourth-order valence-electron chi connectivity index (χ4n) is 4.68. The fourth-order valence-corrected chi connectivity index (χ4v) is 4.68. The lowest BCUT2D eigenvalue weighted by atomic mass is 9.96. The van der Waals surface area contributed by atoms with Gasteiger partial charge in [-0.2, -0.15) is 0 Å². The molecule has 0 atom stereocenters. The molecule has 3 heterocycles. The molecular formula is C31H26F2N4O6. The molecule has 0 spiro atoms. The third-order valence-corrected chi connectivity index (χ3v) is 6.79. The van der Waals surface area contributed by atoms with Gasteiger partial charge in [-0.25, -0.2) is 13.8 Å². The second-order valence-corrected chi connectivity index (χ2v) is 9.50. The molecule has 0 aliphatic carbocycles. The summed E-state index contributed by atoms with van der Waals surface area (Å²) < 4.78 is 46.7. The Balaban J connectivity index is 1.44. The molecule has 1 amide bonds. The molecule has 5 aromatic rings. The molecule has 2 N–H and O–H groups in total. The smallest absolute Gasteiger partial charge is 0.261 e. The Bertz CT molecular complexity index is 1940. The summed E-state index contributed by atoms with van der Waals surface area (Å²) in [6.07, 6.45) is 2.76. The number of methoxy groups -OCH3 is 2. The number of aliphatic hydroxyl groups is 1. The highest BCUT2D eigenvalue weighted by molar-refractivity contribution is 6.04. The summed E-state index contributed by atoms with van der Waals surface area (Å²) in [6.45, 7) is 1.13. The molecule has 0 aliphatic heterocycles. The van der Waals surface area contributed by atoms with Gasteiger partial charge < -0.3 is 29.2 Å². The number of anilines is 1. The maximum atomic E-state index is 15.2. The molecule has 0 radical (unpaired) electrons. The summed E-state index contributed by atoms with van der Waals surface area (Å²) in [5, 5.41) is 12.5. The number of ether oxygens (including phenoxy) is 3. The molecule has 220 valence electrons. The number of pyridine rings is 3. The van der Waals surface area contributed by atoms with Crippen LogP contribution in [0.3, 0.4) is 0 Å². The van der Waals surface area contributed by atoms with Crippen molar-refractivity contribution in [2.45, 2.75) is 13.5 Å². The number of halogens is 2. The first-order valence-corrected chi connectivity index (χ1v) is 12.9. The van der Waals surface area contributed by atoms with Gasteiger partial charge >= 0.3 is 0 Å². The van der Waals surface area contributed by atoms with E-state index >= 15 is 4.39 Å². The van der Waals surface area contributed by atoms with Gasteiger partial charge in [-0.3, -0.25) is 14.6 Å². The monoisotopic (exact) mass is 588 g/mol. The Kier molecular flexibility index (Phi) is 8.04. The molecule has 12 heteroatoms. The van der Waals surface area contributed by atoms with E-state index in [9.17, 15) is 19.1 Å². The molecule has 0 saturated heterocycles. The van der Waals surface area contributed by atoms with Crippen molar-refractivity contribution in [3.8, 4) is 34.3 Å². The van der Waals surface area contributed by atoms with E-state index in [0.717, 1.165) is 6.07 Å². The maximum absolute atomic E-state index is 15.2. The molecule has 0 fully saturated rings. The van der Waals surface area contributed by atoms with E-state index in [1.807, 2.05) is 0 Å². The molecule has 43 heavy (non-hydrogen) atoms. The lowest BCUT2D eigenvalue weighted by Gasteiger charge is -2.16. The highest BCUT2D eigenvalue weighted by atomic mass is 19.1. The Morgan fingerprint density at radius 2 is 1.81 bits per heavy atom. The number of hydrogen-bond acceptors (Lipinski definition) is 8. The van der Waals surface area contributed by atoms with E-state index in [0.29, 0.717) is 27.9 Å². The predicted octanol–water partition coefficient (Wildman–Crippen LogP) is 5.14. The lowest BCUT2D eigenvalue weighted by Crippen LogP contribution is -2.26. The summed E-state index contributed by atoms with van der Waals surface area (Å²) >= 11 is 0. The number of carbonyl (C=O) groups excluding carboxylic acids is 1. The number of amides is 1. The molecule has 5 rings (SSSR count). The second-order valence-electron chi connectivity index (χ2n) is 9.50. The average molecular weight is 589 g/mol. The zero-order valence-electron chi connectivity index (χ0n) is 23.6. The van der Waals surface area contributed by atoms with Gasteiger partial charge in [0.25, 0.3) is 11.8 Å². The zero-order valence-corrected chi connectivity index (χ0v) is 23.6. The van der Waals surface area contributed by atoms with Crippen LogP contribution in [0, 0.1) is 18.6 Å². The minimum atomic E-state index is -0.801. The summed E-state index contributed by atoms with van der Waals surface area (Å²) in [6, 6.07) is 10.8. The number of benzene rings is 2. The predicted molar refractivity (Wildman–Crippen MR) is 155 cm³/mol. The SMILES string of the molecule is COc1cc2nccc(Oc3ccc(NC(=O)c4cn(C)c(CO)c(-c5ccc(F)cc5C)c4=O)cc3F)c2nc1OC. The first-order chi connectivity index (χ1) is 20.6. The highest BCUT2D eigenvalue weighted by Crippen LogP contribution is 2.35. The second kappa shape index (κ2) is 11.9. The van der Waals surface area contributed by atoms with Crippen molar-refractivity contribution >= 4 is 22.6 Å². The normalized spacial score (nSPS) is 11.0. The molecule has 0 bridgehead atoms. The number of hydrogen-bond donors (Lipinski definition) is 2. The van der Waals surface area contributed by atoms with Crippen molar-refractivity contribution in [1.29, 1.82) is 0 Å². The van der Waals surface area contributed by atoms with E-state index in [4.69, 9.17) is 14.2 Å². The van der Waals surface area contributed by atoms with E-state index in [-0.39, 0.29) is 39.9 Å². The van der Waals surface area contributed by atoms with Gasteiger partial charge in [0.05, 0.1) is 37.6 Å². The minimum Gasteiger partial charge on any atom is -0.491 e. The van der Waals surface area contributed by atoms with Gasteiger partial charge in [-0.15, -0.1) is 0 Å². The summed E-state index contributed by atoms with van der Waals surface area (Å²) in [5.41, 5.74) is 1.04. The molecule has 0 aliphatic rings. The number of rotatable bonds is 8. The topological polar surface area (TPSA) is 125 Å².